The molecule has 4 nitrogen and oxygen atoms in total. The second-order valence-electron chi connectivity index (χ2n) is 5.59. The normalized spacial score (nSPS) is 11.0. The van der Waals surface area contributed by atoms with Gasteiger partial charge in [0, 0.05) is 5.75 Å². The van der Waals surface area contributed by atoms with E-state index in [0.717, 1.165) is 27.5 Å². The van der Waals surface area contributed by atoms with Crippen LogP contribution in [0.2, 0.25) is 0 Å². The first-order valence-corrected chi connectivity index (χ1v) is 8.72. The summed E-state index contributed by atoms with van der Waals surface area (Å²) in [5.41, 5.74) is 4.41. The molecule has 0 N–H and O–H groups in total. The lowest BCUT2D eigenvalue weighted by atomic mass is 10.2. The molecule has 0 radical (unpaired) electrons. The van der Waals surface area contributed by atoms with Crippen molar-refractivity contribution in [3.8, 4) is 5.69 Å². The Labute approximate surface area is 144 Å². The van der Waals surface area contributed by atoms with E-state index in [1.165, 1.54) is 11.1 Å². The summed E-state index contributed by atoms with van der Waals surface area (Å²) < 4.78 is 1.85. The topological polar surface area (TPSA) is 43.6 Å². The Morgan fingerprint density at radius 1 is 1.00 bits per heavy atom. The predicted molar refractivity (Wildman–Crippen MR) is 97.4 cm³/mol. The molecule has 0 amide bonds. The van der Waals surface area contributed by atoms with E-state index >= 15 is 0 Å². The first-order chi connectivity index (χ1) is 11.8. The molecule has 4 aromatic rings. The molecule has 118 valence electrons. The Hall–Kier alpha value is -2.66. The van der Waals surface area contributed by atoms with Gasteiger partial charge in [-0.1, -0.05) is 48.0 Å². The van der Waals surface area contributed by atoms with Crippen LogP contribution in [0, 0.1) is 6.92 Å². The van der Waals surface area contributed by atoms with Crippen molar-refractivity contribution in [3.05, 3.63) is 78.2 Å². The molecule has 24 heavy (non-hydrogen) atoms. The van der Waals surface area contributed by atoms with Crippen molar-refractivity contribution in [2.45, 2.75) is 17.7 Å². The van der Waals surface area contributed by atoms with Crippen LogP contribution in [0.3, 0.4) is 0 Å². The average Bonchev–Trinajstić information content (AvgIpc) is 3.05. The number of nitrogens with zero attached hydrogens (tertiary/aromatic N) is 4. The van der Waals surface area contributed by atoms with E-state index in [0.29, 0.717) is 0 Å². The highest BCUT2D eigenvalue weighted by Gasteiger charge is 2.11. The summed E-state index contributed by atoms with van der Waals surface area (Å²) in [7, 11) is 0. The van der Waals surface area contributed by atoms with Crippen LogP contribution < -0.4 is 0 Å². The molecule has 0 aliphatic rings. The van der Waals surface area contributed by atoms with Gasteiger partial charge >= 0.3 is 0 Å². The average molecular weight is 332 g/mol. The zero-order valence-electron chi connectivity index (χ0n) is 13.3. The highest BCUT2D eigenvalue weighted by atomic mass is 32.2. The Balaban J connectivity index is 1.66. The molecular weight excluding hydrogens is 316 g/mol. The molecule has 2 heterocycles. The smallest absolute Gasteiger partial charge is 0.167 e. The molecule has 0 fully saturated rings. The zero-order valence-corrected chi connectivity index (χ0v) is 14.1. The maximum absolute atomic E-state index is 4.50. The van der Waals surface area contributed by atoms with Crippen molar-refractivity contribution < 1.29 is 0 Å². The highest BCUT2D eigenvalue weighted by molar-refractivity contribution is 7.98. The van der Waals surface area contributed by atoms with Crippen LogP contribution in [0.15, 0.2) is 72.1 Å². The van der Waals surface area contributed by atoms with Crippen molar-refractivity contribution in [1.29, 1.82) is 0 Å². The number of hydrogen-bond acceptors (Lipinski definition) is 4. The number of benzene rings is 2. The lowest BCUT2D eigenvalue weighted by Crippen LogP contribution is -1.97. The maximum Gasteiger partial charge on any atom is 0.167 e. The fraction of sp³-hybridized carbons (Fsp3) is 0.105. The molecule has 0 atom stereocenters. The van der Waals surface area contributed by atoms with Gasteiger partial charge in [0.25, 0.3) is 0 Å². The van der Waals surface area contributed by atoms with Gasteiger partial charge in [-0.15, -0.1) is 11.8 Å². The SMILES string of the molecule is Cc1cccc(CSc2ncnc3c2cnn3-c2ccccc2)c1. The summed E-state index contributed by atoms with van der Waals surface area (Å²) in [6.07, 6.45) is 3.46. The van der Waals surface area contributed by atoms with Crippen LogP contribution in [-0.4, -0.2) is 19.7 Å². The van der Waals surface area contributed by atoms with Gasteiger partial charge in [0.15, 0.2) is 5.65 Å². The first-order valence-electron chi connectivity index (χ1n) is 7.74. The number of aryl methyl sites for hydroxylation is 1. The largest absolute Gasteiger partial charge is 0.229 e. The summed E-state index contributed by atoms with van der Waals surface area (Å²) in [5.74, 6) is 0.879. The van der Waals surface area contributed by atoms with Gasteiger partial charge in [-0.3, -0.25) is 0 Å². The lowest BCUT2D eigenvalue weighted by molar-refractivity contribution is 0.893. The molecule has 0 unspecified atom stereocenters. The Morgan fingerprint density at radius 3 is 2.71 bits per heavy atom. The summed E-state index contributed by atoms with van der Waals surface area (Å²) in [5, 5.41) is 6.44. The van der Waals surface area contributed by atoms with Crippen LogP contribution >= 0.6 is 11.8 Å². The second kappa shape index (κ2) is 6.45. The minimum absolute atomic E-state index is 0.836. The van der Waals surface area contributed by atoms with Crippen LogP contribution in [0.25, 0.3) is 16.7 Å². The van der Waals surface area contributed by atoms with Crippen molar-refractivity contribution in [2.75, 3.05) is 0 Å². The van der Waals surface area contributed by atoms with Gasteiger partial charge in [-0.2, -0.15) is 5.10 Å². The van der Waals surface area contributed by atoms with E-state index in [4.69, 9.17) is 0 Å². The third-order valence-electron chi connectivity index (χ3n) is 3.79. The van der Waals surface area contributed by atoms with E-state index in [2.05, 4.69) is 46.3 Å². The van der Waals surface area contributed by atoms with Gasteiger partial charge in [-0.05, 0) is 24.6 Å². The van der Waals surface area contributed by atoms with Crippen LogP contribution in [-0.2, 0) is 5.75 Å². The molecule has 0 aliphatic carbocycles. The van der Waals surface area contributed by atoms with E-state index in [9.17, 15) is 0 Å². The van der Waals surface area contributed by atoms with Gasteiger partial charge < -0.3 is 0 Å². The monoisotopic (exact) mass is 332 g/mol. The molecule has 0 saturated carbocycles. The summed E-state index contributed by atoms with van der Waals surface area (Å²) >= 11 is 1.72. The van der Waals surface area contributed by atoms with Gasteiger partial charge in [0.2, 0.25) is 0 Å². The molecule has 4 rings (SSSR count). The quantitative estimate of drug-likeness (QED) is 0.410. The lowest BCUT2D eigenvalue weighted by Gasteiger charge is -2.05. The Morgan fingerprint density at radius 2 is 1.88 bits per heavy atom. The van der Waals surface area contributed by atoms with Gasteiger partial charge in [0.1, 0.15) is 11.4 Å². The maximum atomic E-state index is 4.50. The molecule has 0 aliphatic heterocycles. The van der Waals surface area contributed by atoms with Crippen molar-refractivity contribution in [1.82, 2.24) is 19.7 Å². The number of thioether (sulfide) groups is 1. The number of rotatable bonds is 4. The Kier molecular flexibility index (Phi) is 4.01. The number of aromatic nitrogens is 4. The third-order valence-corrected chi connectivity index (χ3v) is 4.86. The molecule has 2 aromatic carbocycles. The van der Waals surface area contributed by atoms with Crippen molar-refractivity contribution in [3.63, 3.8) is 0 Å². The van der Waals surface area contributed by atoms with E-state index < -0.39 is 0 Å². The third kappa shape index (κ3) is 2.90. The highest BCUT2D eigenvalue weighted by Crippen LogP contribution is 2.28. The van der Waals surface area contributed by atoms with E-state index in [-0.39, 0.29) is 0 Å². The first kappa shape index (κ1) is 14.9. The van der Waals surface area contributed by atoms with Crippen molar-refractivity contribution in [2.24, 2.45) is 0 Å². The second-order valence-corrected chi connectivity index (χ2v) is 6.55. The van der Waals surface area contributed by atoms with Gasteiger partial charge in [-0.25, -0.2) is 14.6 Å². The molecular formula is C19H16N4S. The van der Waals surface area contributed by atoms with Gasteiger partial charge in [0.05, 0.1) is 17.3 Å². The van der Waals surface area contributed by atoms with Crippen molar-refractivity contribution >= 4 is 22.8 Å². The number of fused-ring (bicyclic) bond motifs is 1. The minimum atomic E-state index is 0.836. The fourth-order valence-electron chi connectivity index (χ4n) is 2.65. The predicted octanol–water partition coefficient (Wildman–Crippen LogP) is 4.42. The fourth-order valence-corrected chi connectivity index (χ4v) is 3.55. The number of hydrogen-bond donors (Lipinski definition) is 0. The molecule has 5 heteroatoms. The Bertz CT molecular complexity index is 979. The zero-order chi connectivity index (χ0) is 16.4. The van der Waals surface area contributed by atoms with Crippen LogP contribution in [0.5, 0.6) is 0 Å². The molecule has 2 aromatic heterocycles. The van der Waals surface area contributed by atoms with Crippen LogP contribution in [0.1, 0.15) is 11.1 Å². The summed E-state index contributed by atoms with van der Waals surface area (Å²) in [6, 6.07) is 18.6. The summed E-state index contributed by atoms with van der Waals surface area (Å²) in [4.78, 5) is 8.87. The van der Waals surface area contributed by atoms with E-state index in [1.54, 1.807) is 18.1 Å². The molecule has 0 bridgehead atoms. The minimum Gasteiger partial charge on any atom is -0.229 e. The molecule has 0 saturated heterocycles. The van der Waals surface area contributed by atoms with E-state index in [1.807, 2.05) is 41.2 Å². The number of para-hydroxylation sites is 1. The standard InChI is InChI=1S/C19H16N4S/c1-14-6-5-7-15(10-14)12-24-19-17-11-22-23(18(17)20-13-21-19)16-8-3-2-4-9-16/h2-11,13H,12H2,1H3. The van der Waals surface area contributed by atoms with Crippen LogP contribution in [0.4, 0.5) is 0 Å². The summed E-state index contributed by atoms with van der Waals surface area (Å²) in [6.45, 7) is 2.11. The molecule has 0 spiro atoms.